The van der Waals surface area contributed by atoms with E-state index >= 15 is 0 Å². The van der Waals surface area contributed by atoms with E-state index in [4.69, 9.17) is 0 Å². The van der Waals surface area contributed by atoms with Crippen LogP contribution in [0.5, 0.6) is 0 Å². The number of amides is 1. The van der Waals surface area contributed by atoms with E-state index in [1.165, 1.54) is 15.7 Å². The van der Waals surface area contributed by atoms with E-state index in [1.807, 2.05) is 60.7 Å². The van der Waals surface area contributed by atoms with Crippen LogP contribution < -0.4 is 5.32 Å². The molecule has 3 nitrogen and oxygen atoms in total. The average Bonchev–Trinajstić information content (AvgIpc) is 2.83. The third-order valence-electron chi connectivity index (χ3n) is 5.12. The van der Waals surface area contributed by atoms with Crippen LogP contribution in [0.4, 0.5) is 0 Å². The van der Waals surface area contributed by atoms with Gasteiger partial charge in [0.05, 0.1) is 6.04 Å². The lowest BCUT2D eigenvalue weighted by Crippen LogP contribution is -2.37. The van der Waals surface area contributed by atoms with Crippen molar-refractivity contribution in [1.29, 1.82) is 0 Å². The summed E-state index contributed by atoms with van der Waals surface area (Å²) < 4.78 is 0. The maximum absolute atomic E-state index is 12.5. The Hall–Kier alpha value is -3.37. The molecular formula is C27H23NO2S. The smallest absolute Gasteiger partial charge is 0.251 e. The Bertz CT molecular complexity index is 1170. The Morgan fingerprint density at radius 3 is 2.26 bits per heavy atom. The molecule has 0 saturated carbocycles. The molecule has 4 heteroatoms. The zero-order valence-corrected chi connectivity index (χ0v) is 17.8. The number of nitrogens with one attached hydrogen (secondary N) is 1. The zero-order chi connectivity index (χ0) is 21.5. The molecule has 0 saturated heterocycles. The molecule has 0 aliphatic rings. The van der Waals surface area contributed by atoms with E-state index in [2.05, 4.69) is 41.7 Å². The lowest BCUT2D eigenvalue weighted by molar-refractivity contribution is -0.109. The van der Waals surface area contributed by atoms with Crippen LogP contribution in [0.25, 0.3) is 10.8 Å². The maximum Gasteiger partial charge on any atom is 0.251 e. The fourth-order valence-electron chi connectivity index (χ4n) is 3.43. The van der Waals surface area contributed by atoms with Gasteiger partial charge >= 0.3 is 0 Å². The molecule has 1 N–H and O–H groups in total. The number of hydrogen-bond donors (Lipinski definition) is 1. The molecule has 1 amide bonds. The van der Waals surface area contributed by atoms with Crippen molar-refractivity contribution in [1.82, 2.24) is 5.32 Å². The summed E-state index contributed by atoms with van der Waals surface area (Å²) in [4.78, 5) is 25.2. The monoisotopic (exact) mass is 425 g/mol. The van der Waals surface area contributed by atoms with Crippen molar-refractivity contribution in [2.24, 2.45) is 0 Å². The Morgan fingerprint density at radius 2 is 1.52 bits per heavy atom. The summed E-state index contributed by atoms with van der Waals surface area (Å²) in [6.07, 6.45) is 1.27. The minimum Gasteiger partial charge on any atom is -0.342 e. The third kappa shape index (κ3) is 5.62. The molecule has 0 aromatic heterocycles. The van der Waals surface area contributed by atoms with Crippen LogP contribution in [0.2, 0.25) is 0 Å². The van der Waals surface area contributed by atoms with Crippen molar-refractivity contribution in [3.05, 3.63) is 114 Å². The second-order valence-corrected chi connectivity index (χ2v) is 8.45. The molecule has 0 heterocycles. The van der Waals surface area contributed by atoms with Gasteiger partial charge in [0.15, 0.2) is 0 Å². The maximum atomic E-state index is 12.5. The van der Waals surface area contributed by atoms with Crippen LogP contribution in [-0.2, 0) is 17.0 Å². The van der Waals surface area contributed by atoms with E-state index in [1.54, 1.807) is 11.8 Å². The number of carbonyl (C=O) groups excluding carboxylic acids is 2. The first kappa shape index (κ1) is 20.9. The first-order valence-corrected chi connectivity index (χ1v) is 11.2. The van der Waals surface area contributed by atoms with Crippen molar-refractivity contribution in [3.8, 4) is 0 Å². The van der Waals surface area contributed by atoms with Crippen LogP contribution >= 0.6 is 11.8 Å². The summed E-state index contributed by atoms with van der Waals surface area (Å²) in [7, 11) is 0. The molecule has 0 fully saturated rings. The second-order valence-electron chi connectivity index (χ2n) is 7.40. The Labute approximate surface area is 186 Å². The predicted octanol–water partition coefficient (Wildman–Crippen LogP) is 5.67. The number of benzene rings is 4. The lowest BCUT2D eigenvalue weighted by Gasteiger charge is -2.13. The quantitative estimate of drug-likeness (QED) is 0.292. The van der Waals surface area contributed by atoms with Gasteiger partial charge in [0.25, 0.3) is 5.91 Å². The van der Waals surface area contributed by atoms with Crippen LogP contribution in [0.1, 0.15) is 21.5 Å². The van der Waals surface area contributed by atoms with Crippen LogP contribution in [0.15, 0.2) is 102 Å². The van der Waals surface area contributed by atoms with Gasteiger partial charge in [-0.15, -0.1) is 11.8 Å². The minimum absolute atomic E-state index is 0.234. The molecule has 0 radical (unpaired) electrons. The highest BCUT2D eigenvalue weighted by atomic mass is 32.2. The molecule has 0 aliphatic carbocycles. The van der Waals surface area contributed by atoms with Crippen molar-refractivity contribution in [2.75, 3.05) is 0 Å². The van der Waals surface area contributed by atoms with Crippen molar-refractivity contribution >= 4 is 34.7 Å². The number of fused-ring (bicyclic) bond motifs is 1. The molecule has 4 aromatic carbocycles. The molecule has 1 unspecified atom stereocenters. The van der Waals surface area contributed by atoms with E-state index in [9.17, 15) is 9.59 Å². The van der Waals surface area contributed by atoms with Gasteiger partial charge in [-0.1, -0.05) is 72.8 Å². The summed E-state index contributed by atoms with van der Waals surface area (Å²) >= 11 is 1.77. The number of aldehydes is 1. The summed E-state index contributed by atoms with van der Waals surface area (Å²) in [5, 5.41) is 5.29. The van der Waals surface area contributed by atoms with Gasteiger partial charge in [0.1, 0.15) is 6.29 Å². The molecule has 0 bridgehead atoms. The number of thioether (sulfide) groups is 1. The van der Waals surface area contributed by atoms with Gasteiger partial charge in [-0.3, -0.25) is 4.79 Å². The zero-order valence-electron chi connectivity index (χ0n) is 17.0. The first-order valence-electron chi connectivity index (χ1n) is 10.2. The van der Waals surface area contributed by atoms with Crippen LogP contribution in [-0.4, -0.2) is 18.2 Å². The topological polar surface area (TPSA) is 46.2 Å². The normalized spacial score (nSPS) is 11.7. The van der Waals surface area contributed by atoms with Gasteiger partial charge in [0.2, 0.25) is 0 Å². The summed E-state index contributed by atoms with van der Waals surface area (Å²) in [5.41, 5.74) is 2.71. The summed E-state index contributed by atoms with van der Waals surface area (Å²) in [6, 6.07) is 31.5. The highest BCUT2D eigenvalue weighted by Crippen LogP contribution is 2.26. The van der Waals surface area contributed by atoms with Crippen molar-refractivity contribution < 1.29 is 9.59 Å². The van der Waals surface area contributed by atoms with E-state index in [0.29, 0.717) is 12.0 Å². The third-order valence-corrected chi connectivity index (χ3v) is 6.19. The predicted molar refractivity (Wildman–Crippen MR) is 127 cm³/mol. The van der Waals surface area contributed by atoms with E-state index in [-0.39, 0.29) is 5.91 Å². The minimum atomic E-state index is -0.543. The molecule has 0 spiro atoms. The molecule has 31 heavy (non-hydrogen) atoms. The summed E-state index contributed by atoms with van der Waals surface area (Å²) in [5.74, 6) is 0.590. The Morgan fingerprint density at radius 1 is 0.806 bits per heavy atom. The van der Waals surface area contributed by atoms with E-state index in [0.717, 1.165) is 23.2 Å². The van der Waals surface area contributed by atoms with Gasteiger partial charge in [-0.05, 0) is 52.6 Å². The molecule has 4 aromatic rings. The van der Waals surface area contributed by atoms with Crippen LogP contribution in [0, 0.1) is 0 Å². The molecule has 1 atom stereocenters. The fourth-order valence-corrected chi connectivity index (χ4v) is 4.33. The van der Waals surface area contributed by atoms with Crippen LogP contribution in [0.3, 0.4) is 0 Å². The lowest BCUT2D eigenvalue weighted by atomic mass is 10.1. The van der Waals surface area contributed by atoms with Gasteiger partial charge in [-0.25, -0.2) is 0 Å². The van der Waals surface area contributed by atoms with Gasteiger partial charge < -0.3 is 10.1 Å². The summed E-state index contributed by atoms with van der Waals surface area (Å²) in [6.45, 7) is 0. The number of carbonyl (C=O) groups is 2. The highest BCUT2D eigenvalue weighted by Gasteiger charge is 2.13. The second kappa shape index (κ2) is 10.1. The molecular weight excluding hydrogens is 402 g/mol. The van der Waals surface area contributed by atoms with Gasteiger partial charge in [0, 0.05) is 16.2 Å². The molecule has 154 valence electrons. The molecule has 4 rings (SSSR count). The average molecular weight is 426 g/mol. The van der Waals surface area contributed by atoms with E-state index < -0.39 is 6.04 Å². The number of rotatable bonds is 8. The van der Waals surface area contributed by atoms with Crippen molar-refractivity contribution in [2.45, 2.75) is 23.1 Å². The molecule has 0 aliphatic heterocycles. The SMILES string of the molecule is O=CC(Cc1ccccc1)NC(=O)c1ccc(CSc2ccc3ccccc3c2)cc1. The number of hydrogen-bond acceptors (Lipinski definition) is 3. The highest BCUT2D eigenvalue weighted by molar-refractivity contribution is 7.98. The van der Waals surface area contributed by atoms with Crippen molar-refractivity contribution in [3.63, 3.8) is 0 Å². The largest absolute Gasteiger partial charge is 0.342 e. The first-order chi connectivity index (χ1) is 15.2. The fraction of sp³-hybridized carbons (Fsp3) is 0.111. The Kier molecular flexibility index (Phi) is 6.80. The standard InChI is InChI=1S/C27H23NO2S/c29-18-25(16-20-6-2-1-3-7-20)28-27(30)23-12-10-21(11-13-23)19-31-26-15-14-22-8-4-5-9-24(22)17-26/h1-15,17-18,25H,16,19H2,(H,28,30). The Balaban J connectivity index is 1.34. The van der Waals surface area contributed by atoms with Gasteiger partial charge in [-0.2, -0.15) is 0 Å².